The van der Waals surface area contributed by atoms with E-state index in [0.717, 1.165) is 0 Å². The lowest BCUT2D eigenvalue weighted by molar-refractivity contribution is -0.120. The molecule has 124 valence electrons. The Morgan fingerprint density at radius 2 is 1.83 bits per heavy atom. The number of pyridine rings is 1. The Kier molecular flexibility index (Phi) is 6.28. The third kappa shape index (κ3) is 5.04. The summed E-state index contributed by atoms with van der Waals surface area (Å²) in [5.74, 6) is -1.63. The van der Waals surface area contributed by atoms with E-state index in [1.54, 1.807) is 24.3 Å². The third-order valence-corrected chi connectivity index (χ3v) is 3.72. The molecule has 1 aromatic carbocycles. The molecule has 7 nitrogen and oxygen atoms in total. The Morgan fingerprint density at radius 3 is 2.54 bits per heavy atom. The molecule has 2 aromatic rings. The summed E-state index contributed by atoms with van der Waals surface area (Å²) in [5, 5.41) is 2.73. The number of aromatic nitrogens is 1. The summed E-state index contributed by atoms with van der Waals surface area (Å²) in [6, 6.07) is 9.66. The minimum atomic E-state index is -0.592. The average molecular weight is 412 g/mol. The van der Waals surface area contributed by atoms with E-state index in [1.165, 1.54) is 18.3 Å². The zero-order chi connectivity index (χ0) is 17.5. The van der Waals surface area contributed by atoms with Crippen molar-refractivity contribution in [2.75, 3.05) is 6.54 Å². The number of hydrogen-bond acceptors (Lipinski definition) is 4. The number of hydrazine groups is 1. The number of nitrogens with zero attached hydrogens (tertiary/aromatic N) is 1. The van der Waals surface area contributed by atoms with E-state index in [2.05, 4.69) is 37.1 Å². The van der Waals surface area contributed by atoms with Crippen LogP contribution in [0, 0.1) is 0 Å². The molecule has 0 fully saturated rings. The summed E-state index contributed by atoms with van der Waals surface area (Å²) in [4.78, 5) is 39.2. The van der Waals surface area contributed by atoms with Crippen LogP contribution >= 0.6 is 27.5 Å². The van der Waals surface area contributed by atoms with E-state index in [9.17, 15) is 14.4 Å². The summed E-state index contributed by atoms with van der Waals surface area (Å²) < 4.78 is 0.595. The molecule has 0 radical (unpaired) electrons. The molecule has 3 amide bonds. The van der Waals surface area contributed by atoms with E-state index in [-0.39, 0.29) is 12.2 Å². The third-order valence-electron chi connectivity index (χ3n) is 2.80. The molecular weight excluding hydrogens is 400 g/mol. The monoisotopic (exact) mass is 410 g/mol. The predicted molar refractivity (Wildman–Crippen MR) is 91.3 cm³/mol. The maximum absolute atomic E-state index is 11.9. The normalized spacial score (nSPS) is 9.92. The fourth-order valence-corrected chi connectivity index (χ4v) is 2.29. The number of hydrogen-bond donors (Lipinski definition) is 3. The Labute approximate surface area is 150 Å². The second kappa shape index (κ2) is 8.42. The molecule has 0 bridgehead atoms. The molecule has 0 spiro atoms. The molecule has 3 N–H and O–H groups in total. The highest BCUT2D eigenvalue weighted by Gasteiger charge is 2.12. The van der Waals surface area contributed by atoms with Crippen molar-refractivity contribution in [1.29, 1.82) is 0 Å². The second-order valence-electron chi connectivity index (χ2n) is 4.52. The smallest absolute Gasteiger partial charge is 0.270 e. The van der Waals surface area contributed by atoms with Crippen LogP contribution in [0.5, 0.6) is 0 Å². The van der Waals surface area contributed by atoms with Crippen molar-refractivity contribution in [2.45, 2.75) is 0 Å². The van der Waals surface area contributed by atoms with Crippen LogP contribution in [0.2, 0.25) is 5.02 Å². The van der Waals surface area contributed by atoms with E-state index in [1.807, 2.05) is 0 Å². The molecule has 0 unspecified atom stereocenters. The standard InChI is InChI=1S/C15H12BrClN4O3/c16-11-4-2-1-3-10(11)14(23)21-20-13(22)8-19-15(24)12-7-9(17)5-6-18-12/h1-7H,8H2,(H,19,24)(H,20,22)(H,21,23). The Morgan fingerprint density at radius 1 is 1.08 bits per heavy atom. The van der Waals surface area contributed by atoms with Gasteiger partial charge < -0.3 is 5.32 Å². The van der Waals surface area contributed by atoms with E-state index < -0.39 is 17.7 Å². The summed E-state index contributed by atoms with van der Waals surface area (Å²) >= 11 is 8.99. The summed E-state index contributed by atoms with van der Waals surface area (Å²) in [5.41, 5.74) is 4.92. The number of carbonyl (C=O) groups excluding carboxylic acids is 3. The van der Waals surface area contributed by atoms with Gasteiger partial charge in [-0.1, -0.05) is 23.7 Å². The zero-order valence-electron chi connectivity index (χ0n) is 12.2. The van der Waals surface area contributed by atoms with Gasteiger partial charge in [0, 0.05) is 15.7 Å². The molecule has 0 aliphatic carbocycles. The van der Waals surface area contributed by atoms with Crippen molar-refractivity contribution in [3.05, 3.63) is 63.3 Å². The van der Waals surface area contributed by atoms with Crippen molar-refractivity contribution >= 4 is 45.3 Å². The topological polar surface area (TPSA) is 100 Å². The highest BCUT2D eigenvalue weighted by Crippen LogP contribution is 2.15. The highest BCUT2D eigenvalue weighted by atomic mass is 79.9. The number of nitrogens with one attached hydrogen (secondary N) is 3. The largest absolute Gasteiger partial charge is 0.342 e. The van der Waals surface area contributed by atoms with Gasteiger partial charge in [0.15, 0.2) is 0 Å². The first kappa shape index (κ1) is 17.9. The molecule has 0 aliphatic rings. The fraction of sp³-hybridized carbons (Fsp3) is 0.0667. The quantitative estimate of drug-likeness (QED) is 0.667. The average Bonchev–Trinajstić information content (AvgIpc) is 2.58. The maximum Gasteiger partial charge on any atom is 0.270 e. The second-order valence-corrected chi connectivity index (χ2v) is 5.81. The van der Waals surface area contributed by atoms with Crippen molar-refractivity contribution in [3.63, 3.8) is 0 Å². The Hall–Kier alpha value is -2.45. The van der Waals surface area contributed by atoms with Gasteiger partial charge in [-0.3, -0.25) is 30.2 Å². The lowest BCUT2D eigenvalue weighted by Crippen LogP contribution is -2.46. The van der Waals surface area contributed by atoms with Crippen LogP contribution in [0.15, 0.2) is 47.1 Å². The fourth-order valence-electron chi connectivity index (χ4n) is 1.66. The first-order valence-electron chi connectivity index (χ1n) is 6.71. The van der Waals surface area contributed by atoms with Crippen LogP contribution < -0.4 is 16.2 Å². The predicted octanol–water partition coefficient (Wildman–Crippen LogP) is 1.69. The lowest BCUT2D eigenvalue weighted by Gasteiger charge is -2.09. The lowest BCUT2D eigenvalue weighted by atomic mass is 10.2. The van der Waals surface area contributed by atoms with Gasteiger partial charge in [-0.05, 0) is 40.2 Å². The first-order valence-corrected chi connectivity index (χ1v) is 7.88. The van der Waals surface area contributed by atoms with Crippen LogP contribution in [0.4, 0.5) is 0 Å². The number of carbonyl (C=O) groups is 3. The zero-order valence-corrected chi connectivity index (χ0v) is 14.5. The number of rotatable bonds is 4. The van der Waals surface area contributed by atoms with Crippen LogP contribution in [0.25, 0.3) is 0 Å². The molecule has 0 aliphatic heterocycles. The van der Waals surface area contributed by atoms with Crippen LogP contribution in [0.3, 0.4) is 0 Å². The summed E-state index contributed by atoms with van der Waals surface area (Å²) in [6.07, 6.45) is 1.38. The van der Waals surface area contributed by atoms with Gasteiger partial charge in [0.05, 0.1) is 12.1 Å². The number of benzene rings is 1. The minimum Gasteiger partial charge on any atom is -0.342 e. The van der Waals surface area contributed by atoms with Gasteiger partial charge in [-0.2, -0.15) is 0 Å². The van der Waals surface area contributed by atoms with E-state index in [4.69, 9.17) is 11.6 Å². The molecule has 0 saturated heterocycles. The molecular formula is C15H12BrClN4O3. The van der Waals surface area contributed by atoms with Crippen molar-refractivity contribution < 1.29 is 14.4 Å². The summed E-state index contributed by atoms with van der Waals surface area (Å²) in [6.45, 7) is -0.330. The van der Waals surface area contributed by atoms with Gasteiger partial charge in [0.2, 0.25) is 0 Å². The van der Waals surface area contributed by atoms with E-state index >= 15 is 0 Å². The van der Waals surface area contributed by atoms with Crippen LogP contribution in [0.1, 0.15) is 20.8 Å². The first-order chi connectivity index (χ1) is 11.5. The van der Waals surface area contributed by atoms with Crippen molar-refractivity contribution in [1.82, 2.24) is 21.2 Å². The van der Waals surface area contributed by atoms with Gasteiger partial charge >= 0.3 is 0 Å². The van der Waals surface area contributed by atoms with E-state index in [0.29, 0.717) is 15.1 Å². The van der Waals surface area contributed by atoms with Gasteiger partial charge in [0.25, 0.3) is 17.7 Å². The molecule has 2 rings (SSSR count). The van der Waals surface area contributed by atoms with Crippen LogP contribution in [-0.2, 0) is 4.79 Å². The van der Waals surface area contributed by atoms with Gasteiger partial charge in [-0.25, -0.2) is 0 Å². The Bertz CT molecular complexity index is 785. The maximum atomic E-state index is 11.9. The van der Waals surface area contributed by atoms with Crippen molar-refractivity contribution in [3.8, 4) is 0 Å². The number of amides is 3. The van der Waals surface area contributed by atoms with Crippen molar-refractivity contribution in [2.24, 2.45) is 0 Å². The summed E-state index contributed by atoms with van der Waals surface area (Å²) in [7, 11) is 0. The molecule has 1 aromatic heterocycles. The van der Waals surface area contributed by atoms with Crippen LogP contribution in [-0.4, -0.2) is 29.3 Å². The SMILES string of the molecule is O=C(CNC(=O)c1cc(Cl)ccn1)NNC(=O)c1ccccc1Br. The molecule has 24 heavy (non-hydrogen) atoms. The highest BCUT2D eigenvalue weighted by molar-refractivity contribution is 9.10. The molecule has 0 atom stereocenters. The molecule has 9 heteroatoms. The molecule has 0 saturated carbocycles. The van der Waals surface area contributed by atoms with Gasteiger partial charge in [0.1, 0.15) is 5.69 Å². The molecule has 1 heterocycles. The Balaban J connectivity index is 1.80. The number of halogens is 2. The minimum absolute atomic E-state index is 0.0903. The van der Waals surface area contributed by atoms with Gasteiger partial charge in [-0.15, -0.1) is 0 Å².